The molecule has 0 N–H and O–H groups in total. The fourth-order valence-electron chi connectivity index (χ4n) is 1.46. The number of hydrogen-bond donors (Lipinski definition) is 0. The van der Waals surface area contributed by atoms with Crippen LogP contribution < -0.4 is 4.74 Å². The normalized spacial score (nSPS) is 11.5. The molecule has 0 fully saturated rings. The Bertz CT molecular complexity index is 485. The summed E-state index contributed by atoms with van der Waals surface area (Å²) in [6.07, 6.45) is 1.66. The molecule has 0 amide bonds. The Morgan fingerprint density at radius 2 is 1.89 bits per heavy atom. The van der Waals surface area contributed by atoms with Gasteiger partial charge in [0.15, 0.2) is 0 Å². The largest absolute Gasteiger partial charge is 0.492 e. The van der Waals surface area contributed by atoms with Gasteiger partial charge >= 0.3 is 0 Å². The monoisotopic (exact) mass is 292 g/mol. The van der Waals surface area contributed by atoms with Crippen LogP contribution in [0.15, 0.2) is 23.1 Å². The molecule has 0 bridgehead atoms. The van der Waals surface area contributed by atoms with Gasteiger partial charge < -0.3 is 9.47 Å². The molecule has 0 atom stereocenters. The Kier molecular flexibility index (Phi) is 5.91. The second-order valence-corrected chi connectivity index (χ2v) is 6.47. The number of hydrogen-bond acceptors (Lipinski definition) is 4. The molecule has 1 aromatic rings. The Labute approximate surface area is 112 Å². The number of unbranched alkanes of at least 4 members (excludes halogenated alkanes) is 1. The van der Waals surface area contributed by atoms with Crippen molar-refractivity contribution in [3.8, 4) is 5.75 Å². The molecule has 4 nitrogen and oxygen atoms in total. The van der Waals surface area contributed by atoms with E-state index in [9.17, 15) is 8.42 Å². The molecule has 0 saturated heterocycles. The van der Waals surface area contributed by atoms with Crippen molar-refractivity contribution < 1.29 is 17.9 Å². The highest BCUT2D eigenvalue weighted by molar-refractivity contribution is 8.13. The van der Waals surface area contributed by atoms with Crippen molar-refractivity contribution in [3.05, 3.63) is 23.8 Å². The summed E-state index contributed by atoms with van der Waals surface area (Å²) in [7, 11) is 3.23. The van der Waals surface area contributed by atoms with E-state index < -0.39 is 9.05 Å². The smallest absolute Gasteiger partial charge is 0.264 e. The Morgan fingerprint density at radius 3 is 2.50 bits per heavy atom. The maximum absolute atomic E-state index is 11.4. The van der Waals surface area contributed by atoms with E-state index >= 15 is 0 Å². The van der Waals surface area contributed by atoms with E-state index in [-0.39, 0.29) is 4.90 Å². The van der Waals surface area contributed by atoms with E-state index in [1.54, 1.807) is 26.2 Å². The van der Waals surface area contributed by atoms with Crippen LogP contribution in [0.5, 0.6) is 5.75 Å². The predicted molar refractivity (Wildman–Crippen MR) is 70.8 cm³/mol. The maximum Gasteiger partial charge on any atom is 0.264 e. The third-order valence-electron chi connectivity index (χ3n) is 2.36. The van der Waals surface area contributed by atoms with E-state index in [2.05, 4.69) is 0 Å². The predicted octanol–water partition coefficient (Wildman–Crippen LogP) is 2.73. The van der Waals surface area contributed by atoms with Crippen LogP contribution in [0.3, 0.4) is 0 Å². The number of halogens is 1. The lowest BCUT2D eigenvalue weighted by molar-refractivity contribution is 0.183. The van der Waals surface area contributed by atoms with Crippen molar-refractivity contribution in [2.45, 2.75) is 24.7 Å². The average Bonchev–Trinajstić information content (AvgIpc) is 2.29. The molecule has 0 aliphatic rings. The van der Waals surface area contributed by atoms with Gasteiger partial charge in [-0.2, -0.15) is 0 Å². The minimum Gasteiger partial charge on any atom is -0.492 e. The van der Waals surface area contributed by atoms with E-state index in [0.717, 1.165) is 18.4 Å². The van der Waals surface area contributed by atoms with E-state index in [1.807, 2.05) is 0 Å². The summed E-state index contributed by atoms with van der Waals surface area (Å²) in [6.45, 7) is 2.90. The van der Waals surface area contributed by atoms with Gasteiger partial charge in [-0.25, -0.2) is 8.42 Å². The van der Waals surface area contributed by atoms with Gasteiger partial charge in [-0.1, -0.05) is 6.07 Å². The molecule has 0 aliphatic carbocycles. The lowest BCUT2D eigenvalue weighted by Gasteiger charge is -2.10. The first-order valence-electron chi connectivity index (χ1n) is 5.62. The molecule has 0 aromatic heterocycles. The van der Waals surface area contributed by atoms with Gasteiger partial charge in [-0.15, -0.1) is 0 Å². The SMILES string of the molecule is COCCCCOc1ccc(C)cc1S(=O)(=O)Cl. The fourth-order valence-corrected chi connectivity index (χ4v) is 2.51. The Hall–Kier alpha value is -0.780. The summed E-state index contributed by atoms with van der Waals surface area (Å²) in [5.74, 6) is 0.299. The number of aryl methyl sites for hydroxylation is 1. The lowest BCUT2D eigenvalue weighted by atomic mass is 10.2. The van der Waals surface area contributed by atoms with Gasteiger partial charge in [0.25, 0.3) is 9.05 Å². The third kappa shape index (κ3) is 4.84. The van der Waals surface area contributed by atoms with Gasteiger partial charge in [0.2, 0.25) is 0 Å². The minimum atomic E-state index is -3.78. The van der Waals surface area contributed by atoms with Crippen molar-refractivity contribution in [3.63, 3.8) is 0 Å². The first-order chi connectivity index (χ1) is 8.45. The van der Waals surface area contributed by atoms with Crippen molar-refractivity contribution in [2.75, 3.05) is 20.3 Å². The zero-order valence-corrected chi connectivity index (χ0v) is 12.1. The van der Waals surface area contributed by atoms with E-state index in [0.29, 0.717) is 19.0 Å². The van der Waals surface area contributed by atoms with Gasteiger partial charge in [0, 0.05) is 24.4 Å². The van der Waals surface area contributed by atoms with Gasteiger partial charge in [0.05, 0.1) is 6.61 Å². The van der Waals surface area contributed by atoms with Crippen molar-refractivity contribution in [1.82, 2.24) is 0 Å². The first kappa shape index (κ1) is 15.3. The van der Waals surface area contributed by atoms with Gasteiger partial charge in [-0.05, 0) is 37.5 Å². The van der Waals surface area contributed by atoms with Crippen LogP contribution >= 0.6 is 10.7 Å². The summed E-state index contributed by atoms with van der Waals surface area (Å²) in [5.41, 5.74) is 0.820. The minimum absolute atomic E-state index is 0.0240. The molecular formula is C12H17ClO4S. The maximum atomic E-state index is 11.4. The Morgan fingerprint density at radius 1 is 1.22 bits per heavy atom. The van der Waals surface area contributed by atoms with Crippen LogP contribution in [-0.2, 0) is 13.8 Å². The molecule has 1 aromatic carbocycles. The number of rotatable bonds is 7. The molecular weight excluding hydrogens is 276 g/mol. The molecule has 0 spiro atoms. The first-order valence-corrected chi connectivity index (χ1v) is 7.93. The highest BCUT2D eigenvalue weighted by atomic mass is 35.7. The third-order valence-corrected chi connectivity index (χ3v) is 3.71. The lowest BCUT2D eigenvalue weighted by Crippen LogP contribution is -2.03. The topological polar surface area (TPSA) is 52.6 Å². The highest BCUT2D eigenvalue weighted by Gasteiger charge is 2.16. The second kappa shape index (κ2) is 6.97. The molecule has 1 rings (SSSR count). The van der Waals surface area contributed by atoms with Crippen LogP contribution in [0.25, 0.3) is 0 Å². The van der Waals surface area contributed by atoms with Gasteiger partial charge in [-0.3, -0.25) is 0 Å². The van der Waals surface area contributed by atoms with Crippen molar-refractivity contribution in [2.24, 2.45) is 0 Å². The molecule has 0 aliphatic heterocycles. The average molecular weight is 293 g/mol. The Balaban J connectivity index is 2.71. The molecule has 6 heteroatoms. The summed E-state index contributed by atoms with van der Waals surface area (Å²) < 4.78 is 33.2. The van der Waals surface area contributed by atoms with E-state index in [1.165, 1.54) is 6.07 Å². The zero-order chi connectivity index (χ0) is 13.6. The summed E-state index contributed by atoms with van der Waals surface area (Å²) in [6, 6.07) is 4.92. The van der Waals surface area contributed by atoms with Crippen LogP contribution in [0.1, 0.15) is 18.4 Å². The van der Waals surface area contributed by atoms with Crippen LogP contribution in [-0.4, -0.2) is 28.7 Å². The summed E-state index contributed by atoms with van der Waals surface area (Å²) >= 11 is 0. The molecule has 0 heterocycles. The summed E-state index contributed by atoms with van der Waals surface area (Å²) in [4.78, 5) is 0.0240. The van der Waals surface area contributed by atoms with Gasteiger partial charge in [0.1, 0.15) is 10.6 Å². The molecule has 0 unspecified atom stereocenters. The van der Waals surface area contributed by atoms with Crippen molar-refractivity contribution in [1.29, 1.82) is 0 Å². The van der Waals surface area contributed by atoms with Crippen LogP contribution in [0, 0.1) is 6.92 Å². The van der Waals surface area contributed by atoms with E-state index in [4.69, 9.17) is 20.2 Å². The number of benzene rings is 1. The number of methoxy groups -OCH3 is 1. The highest BCUT2D eigenvalue weighted by Crippen LogP contribution is 2.28. The molecule has 102 valence electrons. The standard InChI is InChI=1S/C12H17ClO4S/c1-10-5-6-11(12(9-10)18(13,14)15)17-8-4-3-7-16-2/h5-6,9H,3-4,7-8H2,1-2H3. The molecule has 18 heavy (non-hydrogen) atoms. The molecule has 0 saturated carbocycles. The van der Waals surface area contributed by atoms with Crippen LogP contribution in [0.4, 0.5) is 0 Å². The number of ether oxygens (including phenoxy) is 2. The quantitative estimate of drug-likeness (QED) is 0.573. The molecule has 0 radical (unpaired) electrons. The second-order valence-electron chi connectivity index (χ2n) is 3.94. The van der Waals surface area contributed by atoms with Crippen molar-refractivity contribution >= 4 is 19.7 Å². The summed E-state index contributed by atoms with van der Waals surface area (Å²) in [5, 5.41) is 0. The van der Waals surface area contributed by atoms with Crippen LogP contribution in [0.2, 0.25) is 0 Å². The fraction of sp³-hybridized carbons (Fsp3) is 0.500. The zero-order valence-electron chi connectivity index (χ0n) is 10.5.